The van der Waals surface area contributed by atoms with E-state index in [1.807, 2.05) is 12.1 Å². The van der Waals surface area contributed by atoms with Crippen molar-refractivity contribution in [1.29, 1.82) is 0 Å². The van der Waals surface area contributed by atoms with Crippen LogP contribution in [0.25, 0.3) is 0 Å². The Kier molecular flexibility index (Phi) is 4.47. The Labute approximate surface area is 131 Å². The number of anilines is 2. The van der Waals surface area contributed by atoms with Gasteiger partial charge in [-0.15, -0.1) is 0 Å². The fourth-order valence-electron chi connectivity index (χ4n) is 2.90. The lowest BCUT2D eigenvalue weighted by atomic mass is 10.2. The lowest BCUT2D eigenvalue weighted by molar-refractivity contribution is 0.102. The number of benzene rings is 1. The standard InChI is InChI=1S/C18H22N2O2/c1-14-17(10-13-22-14)18(21)19-15-6-8-16(9-7-15)20-11-4-2-3-5-12-20/h6-10,13H,2-5,11-12H2,1H3,(H,19,21). The largest absolute Gasteiger partial charge is 0.469 e. The minimum atomic E-state index is -0.131. The summed E-state index contributed by atoms with van der Waals surface area (Å²) in [7, 11) is 0. The molecule has 0 spiro atoms. The van der Waals surface area contributed by atoms with Crippen LogP contribution in [0.15, 0.2) is 41.0 Å². The van der Waals surface area contributed by atoms with Gasteiger partial charge < -0.3 is 14.6 Å². The number of hydrogen-bond donors (Lipinski definition) is 1. The molecule has 2 heterocycles. The Bertz CT molecular complexity index is 623. The normalized spacial score (nSPS) is 15.4. The fraction of sp³-hybridized carbons (Fsp3) is 0.389. The van der Waals surface area contributed by atoms with Gasteiger partial charge in [0.2, 0.25) is 0 Å². The van der Waals surface area contributed by atoms with Crippen molar-refractivity contribution in [3.05, 3.63) is 47.9 Å². The highest BCUT2D eigenvalue weighted by molar-refractivity contribution is 6.04. The highest BCUT2D eigenvalue weighted by atomic mass is 16.3. The first kappa shape index (κ1) is 14.7. The van der Waals surface area contributed by atoms with Crippen molar-refractivity contribution < 1.29 is 9.21 Å². The molecule has 1 aliphatic rings. The van der Waals surface area contributed by atoms with Crippen LogP contribution >= 0.6 is 0 Å². The number of amides is 1. The van der Waals surface area contributed by atoms with Crippen LogP contribution in [0.1, 0.15) is 41.8 Å². The summed E-state index contributed by atoms with van der Waals surface area (Å²) in [6.45, 7) is 4.04. The third-order valence-corrected chi connectivity index (χ3v) is 4.20. The molecule has 2 aromatic rings. The second kappa shape index (κ2) is 6.69. The highest BCUT2D eigenvalue weighted by Crippen LogP contribution is 2.22. The number of furan rings is 1. The van der Waals surface area contributed by atoms with Crippen LogP contribution in [0.4, 0.5) is 11.4 Å². The first-order valence-corrected chi connectivity index (χ1v) is 7.94. The Balaban J connectivity index is 1.66. The van der Waals surface area contributed by atoms with E-state index in [9.17, 15) is 4.79 Å². The molecule has 1 aromatic carbocycles. The summed E-state index contributed by atoms with van der Waals surface area (Å²) in [6.07, 6.45) is 6.71. The Morgan fingerprint density at radius 1 is 1.05 bits per heavy atom. The van der Waals surface area contributed by atoms with Crippen LogP contribution in [0, 0.1) is 6.92 Å². The number of aryl methyl sites for hydroxylation is 1. The van der Waals surface area contributed by atoms with E-state index in [0.717, 1.165) is 18.8 Å². The van der Waals surface area contributed by atoms with Gasteiger partial charge in [0.15, 0.2) is 0 Å². The Morgan fingerprint density at radius 3 is 2.32 bits per heavy atom. The van der Waals surface area contributed by atoms with Crippen LogP contribution in [0.2, 0.25) is 0 Å². The molecule has 0 unspecified atom stereocenters. The number of hydrogen-bond acceptors (Lipinski definition) is 3. The van der Waals surface area contributed by atoms with Crippen LogP contribution in [-0.4, -0.2) is 19.0 Å². The summed E-state index contributed by atoms with van der Waals surface area (Å²) in [6, 6.07) is 9.80. The number of nitrogens with zero attached hydrogens (tertiary/aromatic N) is 1. The SMILES string of the molecule is Cc1occc1C(=O)Nc1ccc(N2CCCCCC2)cc1. The molecule has 1 saturated heterocycles. The van der Waals surface area contributed by atoms with E-state index in [2.05, 4.69) is 22.3 Å². The van der Waals surface area contributed by atoms with Gasteiger partial charge in [-0.1, -0.05) is 12.8 Å². The van der Waals surface area contributed by atoms with Crippen molar-refractivity contribution in [2.24, 2.45) is 0 Å². The molecule has 4 nitrogen and oxygen atoms in total. The third kappa shape index (κ3) is 3.32. The second-order valence-corrected chi connectivity index (χ2v) is 5.79. The van der Waals surface area contributed by atoms with Gasteiger partial charge in [-0.3, -0.25) is 4.79 Å². The van der Waals surface area contributed by atoms with Gasteiger partial charge in [-0.2, -0.15) is 0 Å². The van der Waals surface area contributed by atoms with Gasteiger partial charge in [0.1, 0.15) is 5.76 Å². The molecule has 0 bridgehead atoms. The molecule has 3 rings (SSSR count). The summed E-state index contributed by atoms with van der Waals surface area (Å²) in [5, 5.41) is 2.91. The molecule has 1 fully saturated rings. The number of carbonyl (C=O) groups excluding carboxylic acids is 1. The van der Waals surface area contributed by atoms with E-state index in [-0.39, 0.29) is 5.91 Å². The minimum Gasteiger partial charge on any atom is -0.469 e. The molecule has 22 heavy (non-hydrogen) atoms. The van der Waals surface area contributed by atoms with Crippen LogP contribution in [0.5, 0.6) is 0 Å². The second-order valence-electron chi connectivity index (χ2n) is 5.79. The van der Waals surface area contributed by atoms with Crippen molar-refractivity contribution in [2.75, 3.05) is 23.3 Å². The van der Waals surface area contributed by atoms with Crippen molar-refractivity contribution in [3.8, 4) is 0 Å². The van der Waals surface area contributed by atoms with Crippen LogP contribution < -0.4 is 10.2 Å². The topological polar surface area (TPSA) is 45.5 Å². The van der Waals surface area contributed by atoms with Crippen LogP contribution in [0.3, 0.4) is 0 Å². The smallest absolute Gasteiger partial charge is 0.259 e. The zero-order valence-electron chi connectivity index (χ0n) is 13.0. The summed E-state index contributed by atoms with van der Waals surface area (Å²) in [5.74, 6) is 0.507. The maximum Gasteiger partial charge on any atom is 0.259 e. The molecule has 0 saturated carbocycles. The molecular weight excluding hydrogens is 276 g/mol. The molecule has 0 aliphatic carbocycles. The number of carbonyl (C=O) groups is 1. The van der Waals surface area contributed by atoms with Gasteiger partial charge in [-0.05, 0) is 50.1 Å². The lowest BCUT2D eigenvalue weighted by Gasteiger charge is -2.22. The molecule has 4 heteroatoms. The van der Waals surface area contributed by atoms with Gasteiger partial charge >= 0.3 is 0 Å². The van der Waals surface area contributed by atoms with Gasteiger partial charge in [0.05, 0.1) is 11.8 Å². The average molecular weight is 298 g/mol. The van der Waals surface area contributed by atoms with E-state index >= 15 is 0 Å². The lowest BCUT2D eigenvalue weighted by Crippen LogP contribution is -2.23. The van der Waals surface area contributed by atoms with Gasteiger partial charge in [0.25, 0.3) is 5.91 Å². The first-order chi connectivity index (χ1) is 10.7. The van der Waals surface area contributed by atoms with E-state index in [1.165, 1.54) is 37.6 Å². The average Bonchev–Trinajstić information content (AvgIpc) is 2.79. The Morgan fingerprint density at radius 2 is 1.73 bits per heavy atom. The van der Waals surface area contributed by atoms with Crippen molar-refractivity contribution in [3.63, 3.8) is 0 Å². The van der Waals surface area contributed by atoms with Crippen molar-refractivity contribution >= 4 is 17.3 Å². The highest BCUT2D eigenvalue weighted by Gasteiger charge is 2.13. The molecule has 116 valence electrons. The van der Waals surface area contributed by atoms with Crippen molar-refractivity contribution in [2.45, 2.75) is 32.6 Å². The maximum absolute atomic E-state index is 12.1. The zero-order valence-corrected chi connectivity index (χ0v) is 13.0. The number of nitrogens with one attached hydrogen (secondary N) is 1. The van der Waals surface area contributed by atoms with E-state index < -0.39 is 0 Å². The molecular formula is C18H22N2O2. The summed E-state index contributed by atoms with van der Waals surface area (Å²) in [4.78, 5) is 14.6. The van der Waals surface area contributed by atoms with Gasteiger partial charge in [0, 0.05) is 24.5 Å². The minimum absolute atomic E-state index is 0.131. The monoisotopic (exact) mass is 298 g/mol. The molecule has 1 aromatic heterocycles. The summed E-state index contributed by atoms with van der Waals surface area (Å²) in [5.41, 5.74) is 2.63. The van der Waals surface area contributed by atoms with Gasteiger partial charge in [-0.25, -0.2) is 0 Å². The van der Waals surface area contributed by atoms with Crippen LogP contribution in [-0.2, 0) is 0 Å². The summed E-state index contributed by atoms with van der Waals surface area (Å²) >= 11 is 0. The number of rotatable bonds is 3. The molecule has 0 radical (unpaired) electrons. The molecule has 1 N–H and O–H groups in total. The van der Waals surface area contributed by atoms with Crippen molar-refractivity contribution in [1.82, 2.24) is 0 Å². The quantitative estimate of drug-likeness (QED) is 0.922. The molecule has 0 atom stereocenters. The van der Waals surface area contributed by atoms with E-state index in [0.29, 0.717) is 11.3 Å². The molecule has 1 aliphatic heterocycles. The fourth-order valence-corrected chi connectivity index (χ4v) is 2.90. The first-order valence-electron chi connectivity index (χ1n) is 7.94. The Hall–Kier alpha value is -2.23. The van der Waals surface area contributed by atoms with E-state index in [4.69, 9.17) is 4.42 Å². The maximum atomic E-state index is 12.1. The summed E-state index contributed by atoms with van der Waals surface area (Å²) < 4.78 is 5.17. The van der Waals surface area contributed by atoms with E-state index in [1.54, 1.807) is 13.0 Å². The zero-order chi connectivity index (χ0) is 15.4. The predicted molar refractivity (Wildman–Crippen MR) is 88.5 cm³/mol. The molecule has 1 amide bonds. The predicted octanol–water partition coefficient (Wildman–Crippen LogP) is 4.22. The third-order valence-electron chi connectivity index (χ3n) is 4.20.